The maximum Gasteiger partial charge on any atom is 0.338 e. The second kappa shape index (κ2) is 10.3. The molecule has 3 rings (SSSR count). The molecule has 0 bridgehead atoms. The Kier molecular flexibility index (Phi) is 7.50. The van der Waals surface area contributed by atoms with Crippen molar-refractivity contribution < 1.29 is 22.7 Å². The number of amides is 1. The highest BCUT2D eigenvalue weighted by atomic mass is 32.2. The fourth-order valence-electron chi connectivity index (χ4n) is 3.29. The van der Waals surface area contributed by atoms with E-state index in [-0.39, 0.29) is 16.4 Å². The molecule has 1 amide bonds. The van der Waals surface area contributed by atoms with Crippen LogP contribution >= 0.6 is 0 Å². The Morgan fingerprint density at radius 2 is 1.45 bits per heavy atom. The second-order valence-electron chi connectivity index (χ2n) is 7.30. The summed E-state index contributed by atoms with van der Waals surface area (Å²) < 4.78 is 32.6. The van der Waals surface area contributed by atoms with E-state index in [4.69, 9.17) is 4.74 Å². The lowest BCUT2D eigenvalue weighted by molar-refractivity contribution is -0.126. The summed E-state index contributed by atoms with van der Waals surface area (Å²) in [6.07, 6.45) is -1.05. The van der Waals surface area contributed by atoms with Crippen LogP contribution < -0.4 is 9.21 Å². The van der Waals surface area contributed by atoms with Crippen molar-refractivity contribution in [3.05, 3.63) is 90.5 Å². The van der Waals surface area contributed by atoms with Crippen LogP contribution in [0.4, 0.5) is 11.4 Å². The van der Waals surface area contributed by atoms with Crippen molar-refractivity contribution in [3.63, 3.8) is 0 Å². The maximum atomic E-state index is 13.0. The van der Waals surface area contributed by atoms with Crippen LogP contribution in [0.25, 0.3) is 0 Å². The number of ether oxygens (including phenoxy) is 1. The summed E-state index contributed by atoms with van der Waals surface area (Å²) in [5, 5.41) is 0. The first-order valence-electron chi connectivity index (χ1n) is 10.5. The third-order valence-electron chi connectivity index (χ3n) is 5.13. The van der Waals surface area contributed by atoms with Gasteiger partial charge in [-0.2, -0.15) is 0 Å². The van der Waals surface area contributed by atoms with E-state index in [1.807, 2.05) is 25.1 Å². The average molecular weight is 467 g/mol. The summed E-state index contributed by atoms with van der Waals surface area (Å²) in [6.45, 7) is 3.73. The molecule has 172 valence electrons. The minimum absolute atomic E-state index is 0.0416. The Morgan fingerprint density at radius 3 is 2.03 bits per heavy atom. The molecule has 0 aliphatic heterocycles. The van der Waals surface area contributed by atoms with Gasteiger partial charge in [0.15, 0.2) is 6.10 Å². The molecule has 0 radical (unpaired) electrons. The lowest BCUT2D eigenvalue weighted by Crippen LogP contribution is -2.40. The minimum atomic E-state index is -3.90. The highest BCUT2D eigenvalue weighted by molar-refractivity contribution is 7.92. The molecule has 0 N–H and O–H groups in total. The first-order valence-corrected chi connectivity index (χ1v) is 11.9. The SMILES string of the molecule is CCN(C(=O)[C@H](C)OC(=O)c1cccc(S(=O)(=O)N(C)c2ccccc2)c1)c1ccccc1. The number of likely N-dealkylation sites (N-methyl/N-ethyl adjacent to an activating group) is 1. The van der Waals surface area contributed by atoms with E-state index >= 15 is 0 Å². The molecule has 0 saturated carbocycles. The van der Waals surface area contributed by atoms with Gasteiger partial charge in [-0.25, -0.2) is 13.2 Å². The van der Waals surface area contributed by atoms with Crippen LogP contribution in [0.3, 0.4) is 0 Å². The van der Waals surface area contributed by atoms with Crippen molar-refractivity contribution >= 4 is 33.3 Å². The zero-order valence-electron chi connectivity index (χ0n) is 18.7. The minimum Gasteiger partial charge on any atom is -0.449 e. The lowest BCUT2D eigenvalue weighted by Gasteiger charge is -2.24. The van der Waals surface area contributed by atoms with E-state index in [2.05, 4.69) is 0 Å². The molecule has 1 atom stereocenters. The normalized spacial score (nSPS) is 12.0. The van der Waals surface area contributed by atoms with Crippen LogP contribution in [0.5, 0.6) is 0 Å². The van der Waals surface area contributed by atoms with Gasteiger partial charge >= 0.3 is 5.97 Å². The quantitative estimate of drug-likeness (QED) is 0.467. The highest BCUT2D eigenvalue weighted by Crippen LogP contribution is 2.23. The van der Waals surface area contributed by atoms with E-state index in [9.17, 15) is 18.0 Å². The predicted molar refractivity (Wildman–Crippen MR) is 128 cm³/mol. The molecule has 0 heterocycles. The van der Waals surface area contributed by atoms with Gasteiger partial charge in [0, 0.05) is 19.3 Å². The van der Waals surface area contributed by atoms with Gasteiger partial charge in [0.2, 0.25) is 0 Å². The molecule has 3 aromatic carbocycles. The number of rotatable bonds is 8. The number of sulfonamides is 1. The fraction of sp³-hybridized carbons (Fsp3) is 0.200. The predicted octanol–water partition coefficient (Wildman–Crippen LogP) is 4.11. The smallest absolute Gasteiger partial charge is 0.338 e. The van der Waals surface area contributed by atoms with Crippen LogP contribution in [0, 0.1) is 0 Å². The van der Waals surface area contributed by atoms with Gasteiger partial charge in [0.25, 0.3) is 15.9 Å². The summed E-state index contributed by atoms with van der Waals surface area (Å²) in [5.41, 5.74) is 1.23. The Bertz CT molecular complexity index is 1210. The Labute approximate surface area is 194 Å². The number of anilines is 2. The summed E-state index contributed by atoms with van der Waals surface area (Å²) in [6, 6.07) is 23.3. The monoisotopic (exact) mass is 466 g/mol. The fourth-order valence-corrected chi connectivity index (χ4v) is 4.53. The van der Waals surface area contributed by atoms with E-state index < -0.39 is 22.1 Å². The van der Waals surface area contributed by atoms with Gasteiger partial charge in [-0.05, 0) is 56.3 Å². The maximum absolute atomic E-state index is 13.0. The second-order valence-corrected chi connectivity index (χ2v) is 9.27. The molecule has 0 unspecified atom stereocenters. The highest BCUT2D eigenvalue weighted by Gasteiger charge is 2.26. The Hall–Kier alpha value is -3.65. The number of nitrogens with zero attached hydrogens (tertiary/aromatic N) is 2. The van der Waals surface area contributed by atoms with E-state index in [1.165, 1.54) is 43.1 Å². The molecule has 0 saturated heterocycles. The Morgan fingerprint density at radius 1 is 0.879 bits per heavy atom. The number of hydrogen-bond acceptors (Lipinski definition) is 5. The number of carbonyl (C=O) groups excluding carboxylic acids is 2. The molecule has 3 aromatic rings. The number of hydrogen-bond donors (Lipinski definition) is 0. The molecular formula is C25H26N2O5S. The van der Waals surface area contributed by atoms with Crippen molar-refractivity contribution in [1.82, 2.24) is 0 Å². The topological polar surface area (TPSA) is 84.0 Å². The standard InChI is InChI=1S/C25H26N2O5S/c1-4-27(22-15-9-6-10-16-22)24(28)19(2)32-25(29)20-12-11-17-23(18-20)33(30,31)26(3)21-13-7-5-8-14-21/h5-19H,4H2,1-3H3/t19-/m0/s1. The third-order valence-corrected chi connectivity index (χ3v) is 6.91. The van der Waals surface area contributed by atoms with Crippen LogP contribution in [0.2, 0.25) is 0 Å². The zero-order chi connectivity index (χ0) is 24.0. The van der Waals surface area contributed by atoms with Crippen LogP contribution in [-0.2, 0) is 19.6 Å². The van der Waals surface area contributed by atoms with Gasteiger partial charge in [0.05, 0.1) is 16.1 Å². The molecular weight excluding hydrogens is 440 g/mol. The van der Waals surface area contributed by atoms with E-state index in [0.29, 0.717) is 17.9 Å². The molecule has 0 aromatic heterocycles. The summed E-state index contributed by atoms with van der Waals surface area (Å²) in [7, 11) is -2.45. The summed E-state index contributed by atoms with van der Waals surface area (Å²) >= 11 is 0. The van der Waals surface area contributed by atoms with Gasteiger partial charge in [0.1, 0.15) is 0 Å². The first-order chi connectivity index (χ1) is 15.8. The molecule has 7 nitrogen and oxygen atoms in total. The molecule has 0 fully saturated rings. The van der Waals surface area contributed by atoms with Gasteiger partial charge < -0.3 is 9.64 Å². The number of esters is 1. The molecule has 8 heteroatoms. The van der Waals surface area contributed by atoms with Gasteiger partial charge in [-0.3, -0.25) is 9.10 Å². The van der Waals surface area contributed by atoms with E-state index in [1.54, 1.807) is 42.5 Å². The van der Waals surface area contributed by atoms with Crippen molar-refractivity contribution in [2.75, 3.05) is 22.8 Å². The first kappa shape index (κ1) is 24.0. The summed E-state index contributed by atoms with van der Waals surface area (Å²) in [4.78, 5) is 27.1. The molecule has 0 aliphatic rings. The Balaban J connectivity index is 1.77. The van der Waals surface area contributed by atoms with Crippen LogP contribution in [0.15, 0.2) is 89.8 Å². The van der Waals surface area contributed by atoms with Crippen molar-refractivity contribution in [2.24, 2.45) is 0 Å². The molecule has 33 heavy (non-hydrogen) atoms. The molecule has 0 spiro atoms. The van der Waals surface area contributed by atoms with Crippen LogP contribution in [0.1, 0.15) is 24.2 Å². The number of para-hydroxylation sites is 2. The lowest BCUT2D eigenvalue weighted by atomic mass is 10.2. The van der Waals surface area contributed by atoms with E-state index in [0.717, 1.165) is 4.31 Å². The molecule has 0 aliphatic carbocycles. The van der Waals surface area contributed by atoms with Gasteiger partial charge in [-0.1, -0.05) is 42.5 Å². The largest absolute Gasteiger partial charge is 0.449 e. The van der Waals surface area contributed by atoms with Crippen molar-refractivity contribution in [3.8, 4) is 0 Å². The third kappa shape index (κ3) is 5.40. The number of carbonyl (C=O) groups is 2. The zero-order valence-corrected chi connectivity index (χ0v) is 19.5. The van der Waals surface area contributed by atoms with Crippen molar-refractivity contribution in [2.45, 2.75) is 24.8 Å². The number of benzene rings is 3. The van der Waals surface area contributed by atoms with Gasteiger partial charge in [-0.15, -0.1) is 0 Å². The summed E-state index contributed by atoms with van der Waals surface area (Å²) in [5.74, 6) is -1.15. The average Bonchev–Trinajstić information content (AvgIpc) is 2.85. The van der Waals surface area contributed by atoms with Crippen molar-refractivity contribution in [1.29, 1.82) is 0 Å². The van der Waals surface area contributed by atoms with Crippen LogP contribution in [-0.4, -0.2) is 40.0 Å².